The Labute approximate surface area is 99.8 Å². The van der Waals surface area contributed by atoms with Gasteiger partial charge in [0.2, 0.25) is 0 Å². The number of hydrogen-bond donors (Lipinski definition) is 0. The predicted molar refractivity (Wildman–Crippen MR) is 65.6 cm³/mol. The highest BCUT2D eigenvalue weighted by atomic mass is 35.5. The second-order valence-corrected chi connectivity index (χ2v) is 4.81. The molecule has 1 aromatic carbocycles. The maximum absolute atomic E-state index is 6.11. The lowest BCUT2D eigenvalue weighted by Gasteiger charge is -2.06. The van der Waals surface area contributed by atoms with E-state index < -0.39 is 0 Å². The summed E-state index contributed by atoms with van der Waals surface area (Å²) in [5.74, 6) is 0.811. The van der Waals surface area contributed by atoms with Crippen molar-refractivity contribution in [2.45, 2.75) is 19.6 Å². The zero-order chi connectivity index (χ0) is 11.0. The van der Waals surface area contributed by atoms with Crippen molar-refractivity contribution in [2.24, 2.45) is 5.92 Å². The van der Waals surface area contributed by atoms with Crippen LogP contribution in [-0.2, 0) is 11.5 Å². The minimum atomic E-state index is 0.625. The number of rotatable bonds is 4. The minimum Gasteiger partial charge on any atom is -0.360 e. The first-order valence-electron chi connectivity index (χ1n) is 5.66. The van der Waals surface area contributed by atoms with E-state index in [4.69, 9.17) is 16.3 Å². The zero-order valence-electron chi connectivity index (χ0n) is 9.03. The number of hydrogen-bond acceptors (Lipinski definition) is 1. The number of nitrogens with zero attached hydrogens (tertiary/aromatic N) is 1. The van der Waals surface area contributed by atoms with E-state index in [0.29, 0.717) is 6.73 Å². The molecule has 1 aliphatic rings. The van der Waals surface area contributed by atoms with Crippen molar-refractivity contribution in [3.63, 3.8) is 0 Å². The lowest BCUT2D eigenvalue weighted by Crippen LogP contribution is -2.03. The summed E-state index contributed by atoms with van der Waals surface area (Å²) in [7, 11) is 0. The van der Waals surface area contributed by atoms with Gasteiger partial charge in [-0.2, -0.15) is 0 Å². The average Bonchev–Trinajstić information content (AvgIpc) is 3.00. The van der Waals surface area contributed by atoms with Crippen LogP contribution in [0.1, 0.15) is 12.8 Å². The molecule has 0 amide bonds. The van der Waals surface area contributed by atoms with Crippen molar-refractivity contribution in [2.75, 3.05) is 6.61 Å². The third-order valence-electron chi connectivity index (χ3n) is 3.04. The Morgan fingerprint density at radius 3 is 3.00 bits per heavy atom. The fourth-order valence-electron chi connectivity index (χ4n) is 1.90. The molecule has 0 unspecified atom stereocenters. The molecule has 0 N–H and O–H groups in total. The Bertz CT molecular complexity index is 502. The molecule has 0 bridgehead atoms. The lowest BCUT2D eigenvalue weighted by atomic mass is 10.2. The van der Waals surface area contributed by atoms with Gasteiger partial charge >= 0.3 is 0 Å². The Hall–Kier alpha value is -0.990. The molecule has 16 heavy (non-hydrogen) atoms. The Kier molecular flexibility index (Phi) is 2.62. The molecule has 1 fully saturated rings. The first-order chi connectivity index (χ1) is 7.84. The quantitative estimate of drug-likeness (QED) is 0.789. The van der Waals surface area contributed by atoms with Gasteiger partial charge in [0.15, 0.2) is 0 Å². The van der Waals surface area contributed by atoms with Gasteiger partial charge in [-0.25, -0.2) is 0 Å². The van der Waals surface area contributed by atoms with Gasteiger partial charge < -0.3 is 9.30 Å². The highest BCUT2D eigenvalue weighted by Gasteiger charge is 2.21. The van der Waals surface area contributed by atoms with E-state index >= 15 is 0 Å². The lowest BCUT2D eigenvalue weighted by molar-refractivity contribution is 0.0718. The van der Waals surface area contributed by atoms with Crippen molar-refractivity contribution in [1.29, 1.82) is 0 Å². The number of benzene rings is 1. The van der Waals surface area contributed by atoms with Gasteiger partial charge in [-0.3, -0.25) is 0 Å². The third kappa shape index (κ3) is 1.95. The fraction of sp³-hybridized carbons (Fsp3) is 0.385. The Morgan fingerprint density at radius 1 is 1.31 bits per heavy atom. The highest BCUT2D eigenvalue weighted by Crippen LogP contribution is 2.29. The molecular formula is C13H14ClNO. The smallest absolute Gasteiger partial charge is 0.122 e. The molecule has 1 aliphatic carbocycles. The predicted octanol–water partition coefficient (Wildman–Crippen LogP) is 3.68. The standard InChI is InChI=1S/C13H14ClNO/c14-12-2-1-3-13-11(12)6-7-15(13)9-16-8-10-4-5-10/h1-3,6-7,10H,4-5,8-9H2. The van der Waals surface area contributed by atoms with Crippen LogP contribution >= 0.6 is 11.6 Å². The largest absolute Gasteiger partial charge is 0.360 e. The molecule has 0 spiro atoms. The summed E-state index contributed by atoms with van der Waals surface area (Å²) in [6, 6.07) is 8.00. The van der Waals surface area contributed by atoms with Gasteiger partial charge in [0.25, 0.3) is 0 Å². The van der Waals surface area contributed by atoms with E-state index in [1.165, 1.54) is 12.8 Å². The summed E-state index contributed by atoms with van der Waals surface area (Å²) in [4.78, 5) is 0. The van der Waals surface area contributed by atoms with Crippen LogP contribution < -0.4 is 0 Å². The van der Waals surface area contributed by atoms with E-state index in [2.05, 4.69) is 10.6 Å². The van der Waals surface area contributed by atoms with E-state index in [1.54, 1.807) is 0 Å². The van der Waals surface area contributed by atoms with Gasteiger partial charge in [0, 0.05) is 16.6 Å². The van der Waals surface area contributed by atoms with Crippen molar-refractivity contribution >= 4 is 22.5 Å². The van der Waals surface area contributed by atoms with Gasteiger partial charge in [0.1, 0.15) is 6.73 Å². The number of aromatic nitrogens is 1. The van der Waals surface area contributed by atoms with Gasteiger partial charge in [-0.05, 0) is 37.0 Å². The minimum absolute atomic E-state index is 0.625. The fourth-order valence-corrected chi connectivity index (χ4v) is 2.13. The van der Waals surface area contributed by atoms with Gasteiger partial charge in [0.05, 0.1) is 12.1 Å². The summed E-state index contributed by atoms with van der Waals surface area (Å²) in [5, 5.41) is 1.90. The van der Waals surface area contributed by atoms with Crippen molar-refractivity contribution in [3.8, 4) is 0 Å². The van der Waals surface area contributed by atoms with E-state index in [0.717, 1.165) is 28.5 Å². The van der Waals surface area contributed by atoms with Crippen LogP contribution in [0.4, 0.5) is 0 Å². The number of halogens is 1. The van der Waals surface area contributed by atoms with Crippen LogP contribution in [0.3, 0.4) is 0 Å². The van der Waals surface area contributed by atoms with Crippen LogP contribution in [0.5, 0.6) is 0 Å². The molecule has 2 aromatic rings. The Balaban J connectivity index is 1.77. The molecule has 1 aromatic heterocycles. The molecule has 0 saturated heterocycles. The molecule has 0 atom stereocenters. The van der Waals surface area contributed by atoms with Gasteiger partial charge in [-0.1, -0.05) is 17.7 Å². The zero-order valence-corrected chi connectivity index (χ0v) is 9.78. The summed E-state index contributed by atoms with van der Waals surface area (Å²) < 4.78 is 7.77. The normalized spacial score (nSPS) is 15.8. The second kappa shape index (κ2) is 4.11. The van der Waals surface area contributed by atoms with E-state index in [9.17, 15) is 0 Å². The van der Waals surface area contributed by atoms with Crippen LogP contribution in [0, 0.1) is 5.92 Å². The number of fused-ring (bicyclic) bond motifs is 1. The summed E-state index contributed by atoms with van der Waals surface area (Å²) in [6.07, 6.45) is 4.69. The molecule has 1 saturated carbocycles. The maximum Gasteiger partial charge on any atom is 0.122 e. The molecule has 1 heterocycles. The monoisotopic (exact) mass is 235 g/mol. The van der Waals surface area contributed by atoms with Crippen LogP contribution in [-0.4, -0.2) is 11.2 Å². The van der Waals surface area contributed by atoms with Gasteiger partial charge in [-0.15, -0.1) is 0 Å². The molecular weight excluding hydrogens is 222 g/mol. The van der Waals surface area contributed by atoms with Crippen molar-refractivity contribution in [3.05, 3.63) is 35.5 Å². The Morgan fingerprint density at radius 2 is 2.19 bits per heavy atom. The maximum atomic E-state index is 6.11. The van der Waals surface area contributed by atoms with Crippen molar-refractivity contribution < 1.29 is 4.74 Å². The van der Waals surface area contributed by atoms with Crippen LogP contribution in [0.25, 0.3) is 10.9 Å². The first kappa shape index (κ1) is 10.2. The average molecular weight is 236 g/mol. The molecule has 0 aliphatic heterocycles. The van der Waals surface area contributed by atoms with Crippen molar-refractivity contribution in [1.82, 2.24) is 4.57 Å². The van der Waals surface area contributed by atoms with E-state index in [-0.39, 0.29) is 0 Å². The summed E-state index contributed by atoms with van der Waals surface area (Å²) in [5.41, 5.74) is 1.14. The topological polar surface area (TPSA) is 14.2 Å². The molecule has 84 valence electrons. The molecule has 3 rings (SSSR count). The molecule has 3 heteroatoms. The molecule has 2 nitrogen and oxygen atoms in total. The number of ether oxygens (including phenoxy) is 1. The van der Waals surface area contributed by atoms with Crippen LogP contribution in [0.2, 0.25) is 5.02 Å². The summed E-state index contributed by atoms with van der Waals surface area (Å²) >= 11 is 6.11. The third-order valence-corrected chi connectivity index (χ3v) is 3.37. The van der Waals surface area contributed by atoms with E-state index in [1.807, 2.05) is 24.4 Å². The highest BCUT2D eigenvalue weighted by molar-refractivity contribution is 6.35. The second-order valence-electron chi connectivity index (χ2n) is 4.40. The SMILES string of the molecule is Clc1cccc2c1ccn2COCC1CC1. The first-order valence-corrected chi connectivity index (χ1v) is 6.03. The van der Waals surface area contributed by atoms with Crippen LogP contribution in [0.15, 0.2) is 30.5 Å². The summed E-state index contributed by atoms with van der Waals surface area (Å²) in [6.45, 7) is 1.51. The molecule has 0 radical (unpaired) electrons.